The summed E-state index contributed by atoms with van der Waals surface area (Å²) in [5.74, 6) is 0.307. The highest BCUT2D eigenvalue weighted by molar-refractivity contribution is 5.84. The average Bonchev–Trinajstić information content (AvgIpc) is 3.11. The molecule has 6 nitrogen and oxygen atoms in total. The Kier molecular flexibility index (Phi) is 7.30. The first kappa shape index (κ1) is 21.1. The van der Waals surface area contributed by atoms with E-state index in [2.05, 4.69) is 23.0 Å². The minimum Gasteiger partial charge on any atom is -0.379 e. The quantitative estimate of drug-likeness (QED) is 0.597. The largest absolute Gasteiger partial charge is 0.379 e. The minimum atomic E-state index is -0.166. The summed E-state index contributed by atoms with van der Waals surface area (Å²) in [7, 11) is 0. The van der Waals surface area contributed by atoms with Crippen LogP contribution in [0.15, 0.2) is 25.3 Å². The van der Waals surface area contributed by atoms with E-state index < -0.39 is 0 Å². The van der Waals surface area contributed by atoms with Crippen molar-refractivity contribution in [2.75, 3.05) is 52.5 Å². The lowest BCUT2D eigenvalue weighted by Crippen LogP contribution is -2.53. The number of rotatable bonds is 8. The van der Waals surface area contributed by atoms with Gasteiger partial charge in [-0.25, -0.2) is 0 Å². The van der Waals surface area contributed by atoms with E-state index in [4.69, 9.17) is 4.74 Å². The number of likely N-dealkylation sites (tertiary alicyclic amines) is 2. The lowest BCUT2D eigenvalue weighted by atomic mass is 9.86. The molecule has 0 aromatic heterocycles. The number of carbonyl (C=O) groups is 2. The molecule has 3 saturated heterocycles. The second-order valence-corrected chi connectivity index (χ2v) is 8.33. The molecule has 0 unspecified atom stereocenters. The molecule has 3 heterocycles. The highest BCUT2D eigenvalue weighted by Crippen LogP contribution is 2.38. The SMILES string of the molecule is C=CCC1(CC=C)CCCN1C(=O)[C@H]1CCC(=O)N(CCN2CCOCC2)C1. The van der Waals surface area contributed by atoms with Crippen LogP contribution in [-0.2, 0) is 14.3 Å². The van der Waals surface area contributed by atoms with Gasteiger partial charge in [-0.3, -0.25) is 14.5 Å². The maximum atomic E-state index is 13.4. The minimum absolute atomic E-state index is 0.0884. The molecule has 0 bridgehead atoms. The van der Waals surface area contributed by atoms with Crippen molar-refractivity contribution in [2.45, 2.75) is 44.1 Å². The van der Waals surface area contributed by atoms with Gasteiger partial charge in [-0.05, 0) is 32.1 Å². The summed E-state index contributed by atoms with van der Waals surface area (Å²) in [5.41, 5.74) is -0.166. The zero-order valence-corrected chi connectivity index (χ0v) is 17.1. The van der Waals surface area contributed by atoms with Crippen molar-refractivity contribution in [3.63, 3.8) is 0 Å². The molecule has 2 amide bonds. The Labute approximate surface area is 169 Å². The van der Waals surface area contributed by atoms with Crippen molar-refractivity contribution in [1.82, 2.24) is 14.7 Å². The predicted molar refractivity (Wildman–Crippen MR) is 110 cm³/mol. The van der Waals surface area contributed by atoms with Gasteiger partial charge in [-0.1, -0.05) is 12.2 Å². The van der Waals surface area contributed by atoms with E-state index in [1.807, 2.05) is 17.1 Å². The molecule has 1 atom stereocenters. The third kappa shape index (κ3) is 4.66. The topological polar surface area (TPSA) is 53.1 Å². The van der Waals surface area contributed by atoms with Crippen molar-refractivity contribution >= 4 is 11.8 Å². The Morgan fingerprint density at radius 3 is 2.54 bits per heavy atom. The van der Waals surface area contributed by atoms with Gasteiger partial charge >= 0.3 is 0 Å². The van der Waals surface area contributed by atoms with Crippen LogP contribution in [0.1, 0.15) is 38.5 Å². The fourth-order valence-electron chi connectivity index (χ4n) is 4.97. The highest BCUT2D eigenvalue weighted by Gasteiger charge is 2.44. The van der Waals surface area contributed by atoms with Crippen LogP contribution in [-0.4, -0.2) is 84.5 Å². The van der Waals surface area contributed by atoms with Crippen molar-refractivity contribution in [3.8, 4) is 0 Å². The van der Waals surface area contributed by atoms with Crippen molar-refractivity contribution in [1.29, 1.82) is 0 Å². The number of morpholine rings is 1. The summed E-state index contributed by atoms with van der Waals surface area (Å²) in [6.07, 6.45) is 8.63. The fourth-order valence-corrected chi connectivity index (χ4v) is 4.97. The van der Waals surface area contributed by atoms with E-state index in [-0.39, 0.29) is 23.3 Å². The zero-order chi connectivity index (χ0) is 20.0. The zero-order valence-electron chi connectivity index (χ0n) is 17.1. The first-order valence-corrected chi connectivity index (χ1v) is 10.7. The molecule has 6 heteroatoms. The van der Waals surface area contributed by atoms with Gasteiger partial charge < -0.3 is 14.5 Å². The number of hydrogen-bond acceptors (Lipinski definition) is 4. The van der Waals surface area contributed by atoms with E-state index in [9.17, 15) is 9.59 Å². The monoisotopic (exact) mass is 389 g/mol. The van der Waals surface area contributed by atoms with Crippen molar-refractivity contribution in [2.24, 2.45) is 5.92 Å². The Morgan fingerprint density at radius 1 is 1.14 bits per heavy atom. The highest BCUT2D eigenvalue weighted by atomic mass is 16.5. The molecule has 28 heavy (non-hydrogen) atoms. The molecule has 3 fully saturated rings. The molecule has 3 rings (SSSR count). The summed E-state index contributed by atoms with van der Waals surface area (Å²) in [6.45, 7) is 14.1. The Hall–Kier alpha value is -1.66. The maximum absolute atomic E-state index is 13.4. The van der Waals surface area contributed by atoms with Crippen LogP contribution in [0.3, 0.4) is 0 Å². The van der Waals surface area contributed by atoms with Crippen LogP contribution in [0.5, 0.6) is 0 Å². The fraction of sp³-hybridized carbons (Fsp3) is 0.727. The third-order valence-electron chi connectivity index (χ3n) is 6.55. The van der Waals surface area contributed by atoms with Crippen LogP contribution in [0, 0.1) is 5.92 Å². The maximum Gasteiger partial charge on any atom is 0.227 e. The van der Waals surface area contributed by atoms with Gasteiger partial charge in [0.25, 0.3) is 0 Å². The lowest BCUT2D eigenvalue weighted by molar-refractivity contribution is -0.146. The van der Waals surface area contributed by atoms with E-state index in [1.165, 1.54) is 0 Å². The summed E-state index contributed by atoms with van der Waals surface area (Å²) in [6, 6.07) is 0. The van der Waals surface area contributed by atoms with Crippen LogP contribution < -0.4 is 0 Å². The standard InChI is InChI=1S/C22H35N3O3/c1-3-8-22(9-4-2)10-5-11-25(22)21(27)19-6-7-20(26)24(18-19)13-12-23-14-16-28-17-15-23/h3-4,19H,1-2,5-18H2/t19-/m0/s1. The van der Waals surface area contributed by atoms with Gasteiger partial charge in [0, 0.05) is 51.2 Å². The number of amides is 2. The lowest BCUT2D eigenvalue weighted by Gasteiger charge is -2.41. The predicted octanol–water partition coefficient (Wildman–Crippen LogP) is 2.07. The molecule has 0 N–H and O–H groups in total. The van der Waals surface area contributed by atoms with E-state index in [1.54, 1.807) is 0 Å². The smallest absolute Gasteiger partial charge is 0.227 e. The Balaban J connectivity index is 1.61. The van der Waals surface area contributed by atoms with Gasteiger partial charge in [0.1, 0.15) is 0 Å². The summed E-state index contributed by atoms with van der Waals surface area (Å²) >= 11 is 0. The first-order chi connectivity index (χ1) is 13.6. The van der Waals surface area contributed by atoms with E-state index in [0.717, 1.165) is 65.1 Å². The summed E-state index contributed by atoms with van der Waals surface area (Å²) in [4.78, 5) is 32.2. The van der Waals surface area contributed by atoms with Gasteiger partial charge in [-0.2, -0.15) is 0 Å². The van der Waals surface area contributed by atoms with Gasteiger partial charge in [0.15, 0.2) is 0 Å². The van der Waals surface area contributed by atoms with Crippen molar-refractivity contribution in [3.05, 3.63) is 25.3 Å². The van der Waals surface area contributed by atoms with Crippen LogP contribution in [0.25, 0.3) is 0 Å². The number of nitrogens with zero attached hydrogens (tertiary/aromatic N) is 3. The first-order valence-electron chi connectivity index (χ1n) is 10.7. The molecular formula is C22H35N3O3. The molecule has 3 aliphatic heterocycles. The second kappa shape index (κ2) is 9.70. The molecule has 0 saturated carbocycles. The molecule has 3 aliphatic rings. The van der Waals surface area contributed by atoms with Crippen molar-refractivity contribution < 1.29 is 14.3 Å². The second-order valence-electron chi connectivity index (χ2n) is 8.33. The Morgan fingerprint density at radius 2 is 1.86 bits per heavy atom. The van der Waals surface area contributed by atoms with Crippen LogP contribution in [0.2, 0.25) is 0 Å². The number of carbonyl (C=O) groups excluding carboxylic acids is 2. The van der Waals surface area contributed by atoms with Crippen LogP contribution >= 0.6 is 0 Å². The molecular weight excluding hydrogens is 354 g/mol. The summed E-state index contributed by atoms with van der Waals surface area (Å²) < 4.78 is 5.39. The normalized spacial score (nSPS) is 25.7. The van der Waals surface area contributed by atoms with E-state index in [0.29, 0.717) is 25.9 Å². The molecule has 0 spiro atoms. The summed E-state index contributed by atoms with van der Waals surface area (Å²) in [5, 5.41) is 0. The molecule has 0 radical (unpaired) electrons. The Bertz CT molecular complexity index is 576. The molecule has 0 aromatic rings. The molecule has 156 valence electrons. The molecule has 0 aromatic carbocycles. The average molecular weight is 390 g/mol. The number of hydrogen-bond donors (Lipinski definition) is 0. The third-order valence-corrected chi connectivity index (χ3v) is 6.55. The number of piperidine rings is 1. The van der Waals surface area contributed by atoms with Gasteiger partial charge in [0.05, 0.1) is 19.1 Å². The van der Waals surface area contributed by atoms with E-state index >= 15 is 0 Å². The van der Waals surface area contributed by atoms with Crippen LogP contribution in [0.4, 0.5) is 0 Å². The molecule has 0 aliphatic carbocycles. The van der Waals surface area contributed by atoms with Gasteiger partial charge in [-0.15, -0.1) is 13.2 Å². The number of ether oxygens (including phenoxy) is 1. The van der Waals surface area contributed by atoms with Gasteiger partial charge in [0.2, 0.25) is 11.8 Å².